The number of nitrogens with one attached hydrogen (secondary N) is 1. The maximum atomic E-state index is 12.7. The van der Waals surface area contributed by atoms with Gasteiger partial charge < -0.3 is 0 Å². The summed E-state index contributed by atoms with van der Waals surface area (Å²) < 4.78 is 27.2. The molecular formula is C22H23NO3S. The van der Waals surface area contributed by atoms with E-state index in [1.165, 1.54) is 18.2 Å². The average molecular weight is 381 g/mol. The molecule has 0 saturated heterocycles. The van der Waals surface area contributed by atoms with Gasteiger partial charge in [0.25, 0.3) is 15.9 Å². The number of amides is 1. The van der Waals surface area contributed by atoms with E-state index in [4.69, 9.17) is 0 Å². The van der Waals surface area contributed by atoms with Crippen molar-refractivity contribution in [1.29, 1.82) is 0 Å². The summed E-state index contributed by atoms with van der Waals surface area (Å²) in [6.07, 6.45) is 4.23. The summed E-state index contributed by atoms with van der Waals surface area (Å²) in [4.78, 5) is 12.7. The summed E-state index contributed by atoms with van der Waals surface area (Å²) >= 11 is 0. The Morgan fingerprint density at radius 1 is 1.07 bits per heavy atom. The molecular weight excluding hydrogens is 358 g/mol. The largest absolute Gasteiger partial charge is 0.268 e. The maximum Gasteiger partial charge on any atom is 0.266 e. The van der Waals surface area contributed by atoms with E-state index in [9.17, 15) is 13.2 Å². The molecule has 0 aliphatic rings. The Labute approximate surface area is 161 Å². The number of hydrogen-bond acceptors (Lipinski definition) is 3. The number of carbonyl (C=O) groups excluding carboxylic acids is 1. The normalized spacial score (nSPS) is 11.4. The Hall–Kier alpha value is -2.84. The molecule has 0 aliphatic carbocycles. The topological polar surface area (TPSA) is 63.2 Å². The predicted molar refractivity (Wildman–Crippen MR) is 108 cm³/mol. The molecule has 0 atom stereocenters. The van der Waals surface area contributed by atoms with Crippen molar-refractivity contribution in [3.8, 4) is 11.8 Å². The van der Waals surface area contributed by atoms with Gasteiger partial charge in [0.05, 0.1) is 10.5 Å². The monoisotopic (exact) mass is 381 g/mol. The van der Waals surface area contributed by atoms with Gasteiger partial charge in [-0.1, -0.05) is 73.2 Å². The van der Waals surface area contributed by atoms with E-state index in [0.29, 0.717) is 5.56 Å². The fraction of sp³-hybridized carbons (Fsp3) is 0.227. The quantitative estimate of drug-likeness (QED) is 0.466. The van der Waals surface area contributed by atoms with E-state index in [-0.39, 0.29) is 10.5 Å². The SMILES string of the molecule is CCCCC#C/C=C(/C(=O)NS(=O)(=O)c1ccc(C)cc1)c1ccccc1. The van der Waals surface area contributed by atoms with E-state index < -0.39 is 15.9 Å². The zero-order valence-corrected chi connectivity index (χ0v) is 16.3. The maximum absolute atomic E-state index is 12.7. The van der Waals surface area contributed by atoms with Crippen LogP contribution < -0.4 is 4.72 Å². The van der Waals surface area contributed by atoms with Crippen molar-refractivity contribution in [2.75, 3.05) is 0 Å². The number of allylic oxidation sites excluding steroid dienone is 1. The van der Waals surface area contributed by atoms with Gasteiger partial charge in [0.2, 0.25) is 0 Å². The first kappa shape index (κ1) is 20.5. The molecule has 2 rings (SSSR count). The van der Waals surface area contributed by atoms with Gasteiger partial charge in [-0.3, -0.25) is 4.79 Å². The van der Waals surface area contributed by atoms with Gasteiger partial charge in [-0.2, -0.15) is 0 Å². The van der Waals surface area contributed by atoms with E-state index in [1.54, 1.807) is 36.4 Å². The molecule has 1 amide bonds. The van der Waals surface area contributed by atoms with Crippen molar-refractivity contribution in [3.63, 3.8) is 0 Å². The summed E-state index contributed by atoms with van der Waals surface area (Å²) in [6, 6.07) is 15.2. The summed E-state index contributed by atoms with van der Waals surface area (Å²) in [5, 5.41) is 0. The molecule has 0 unspecified atom stereocenters. The number of unbranched alkanes of at least 4 members (excludes halogenated alkanes) is 2. The Morgan fingerprint density at radius 3 is 2.37 bits per heavy atom. The van der Waals surface area contributed by atoms with Crippen molar-refractivity contribution in [3.05, 3.63) is 71.8 Å². The van der Waals surface area contributed by atoms with Crippen molar-refractivity contribution >= 4 is 21.5 Å². The van der Waals surface area contributed by atoms with Crippen LogP contribution in [0.1, 0.15) is 37.3 Å². The van der Waals surface area contributed by atoms with Crippen LogP contribution in [0.5, 0.6) is 0 Å². The van der Waals surface area contributed by atoms with Crippen LogP contribution in [0.2, 0.25) is 0 Å². The third-order valence-corrected chi connectivity index (χ3v) is 5.21. The number of carbonyl (C=O) groups is 1. The minimum atomic E-state index is -3.96. The number of benzene rings is 2. The van der Waals surface area contributed by atoms with Crippen LogP contribution in [0.15, 0.2) is 65.6 Å². The van der Waals surface area contributed by atoms with Crippen LogP contribution in [0.4, 0.5) is 0 Å². The fourth-order valence-electron chi connectivity index (χ4n) is 2.31. The second-order valence-electron chi connectivity index (χ2n) is 6.10. The Bertz CT molecular complexity index is 964. The molecule has 5 heteroatoms. The zero-order valence-electron chi connectivity index (χ0n) is 15.5. The molecule has 4 nitrogen and oxygen atoms in total. The van der Waals surface area contributed by atoms with E-state index in [2.05, 4.69) is 23.5 Å². The van der Waals surface area contributed by atoms with Crippen molar-refractivity contribution in [2.24, 2.45) is 0 Å². The van der Waals surface area contributed by atoms with Gasteiger partial charge in [-0.15, -0.1) is 0 Å². The molecule has 0 fully saturated rings. The molecule has 0 aromatic heterocycles. The highest BCUT2D eigenvalue weighted by atomic mass is 32.2. The third kappa shape index (κ3) is 6.12. The number of sulfonamides is 1. The molecule has 0 saturated carbocycles. The molecule has 0 heterocycles. The summed E-state index contributed by atoms with van der Waals surface area (Å²) in [5.74, 6) is 5.15. The molecule has 27 heavy (non-hydrogen) atoms. The van der Waals surface area contributed by atoms with Crippen LogP contribution in [0.3, 0.4) is 0 Å². The second kappa shape index (κ2) is 9.75. The molecule has 0 bridgehead atoms. The van der Waals surface area contributed by atoms with Crippen LogP contribution in [0, 0.1) is 18.8 Å². The van der Waals surface area contributed by atoms with Crippen LogP contribution in [-0.2, 0) is 14.8 Å². The molecule has 0 spiro atoms. The first-order valence-electron chi connectivity index (χ1n) is 8.82. The van der Waals surface area contributed by atoms with Crippen LogP contribution >= 0.6 is 0 Å². The minimum absolute atomic E-state index is 0.0443. The lowest BCUT2D eigenvalue weighted by molar-refractivity contribution is -0.114. The lowest BCUT2D eigenvalue weighted by Crippen LogP contribution is -2.31. The highest BCUT2D eigenvalue weighted by Crippen LogP contribution is 2.16. The van der Waals surface area contributed by atoms with E-state index in [0.717, 1.165) is 24.8 Å². The predicted octanol–water partition coefficient (Wildman–Crippen LogP) is 4.08. The first-order chi connectivity index (χ1) is 12.9. The Morgan fingerprint density at radius 2 is 1.74 bits per heavy atom. The standard InChI is InChI=1S/C22H23NO3S/c1-3-4-5-6-10-13-21(19-11-8-7-9-12-19)22(24)23-27(25,26)20-16-14-18(2)15-17-20/h7-9,11-17H,3-5H2,1-2H3,(H,23,24)/b21-13+. The molecule has 0 radical (unpaired) electrons. The highest BCUT2D eigenvalue weighted by Gasteiger charge is 2.20. The van der Waals surface area contributed by atoms with E-state index >= 15 is 0 Å². The van der Waals surface area contributed by atoms with Crippen LogP contribution in [0.25, 0.3) is 5.57 Å². The summed E-state index contributed by atoms with van der Waals surface area (Å²) in [6.45, 7) is 3.94. The first-order valence-corrected chi connectivity index (χ1v) is 10.3. The van der Waals surface area contributed by atoms with E-state index in [1.807, 2.05) is 13.0 Å². The lowest BCUT2D eigenvalue weighted by Gasteiger charge is -2.10. The number of aryl methyl sites for hydroxylation is 1. The highest BCUT2D eigenvalue weighted by molar-refractivity contribution is 7.90. The van der Waals surface area contributed by atoms with Gasteiger partial charge in [0, 0.05) is 12.5 Å². The number of rotatable bonds is 6. The fourth-order valence-corrected chi connectivity index (χ4v) is 3.28. The van der Waals surface area contributed by atoms with Crippen molar-refractivity contribution in [1.82, 2.24) is 4.72 Å². The van der Waals surface area contributed by atoms with Crippen LogP contribution in [-0.4, -0.2) is 14.3 Å². The van der Waals surface area contributed by atoms with Gasteiger partial charge in [0.1, 0.15) is 0 Å². The molecule has 2 aromatic carbocycles. The molecule has 1 N–H and O–H groups in total. The molecule has 2 aromatic rings. The third-order valence-electron chi connectivity index (χ3n) is 3.86. The van der Waals surface area contributed by atoms with Gasteiger partial charge in [0.15, 0.2) is 0 Å². The average Bonchev–Trinajstić information content (AvgIpc) is 2.65. The van der Waals surface area contributed by atoms with Gasteiger partial charge in [-0.25, -0.2) is 13.1 Å². The minimum Gasteiger partial charge on any atom is -0.268 e. The number of hydrogen-bond donors (Lipinski definition) is 1. The summed E-state index contributed by atoms with van der Waals surface area (Å²) in [5.41, 5.74) is 1.77. The molecule has 0 aliphatic heterocycles. The zero-order chi connectivity index (χ0) is 19.7. The lowest BCUT2D eigenvalue weighted by atomic mass is 10.1. The smallest absolute Gasteiger partial charge is 0.266 e. The van der Waals surface area contributed by atoms with Gasteiger partial charge >= 0.3 is 0 Å². The van der Waals surface area contributed by atoms with Gasteiger partial charge in [-0.05, 0) is 31.0 Å². The Balaban J connectivity index is 2.29. The molecule has 140 valence electrons. The second-order valence-corrected chi connectivity index (χ2v) is 7.78. The van der Waals surface area contributed by atoms with Crippen molar-refractivity contribution < 1.29 is 13.2 Å². The van der Waals surface area contributed by atoms with Crippen molar-refractivity contribution in [2.45, 2.75) is 38.0 Å². The summed E-state index contributed by atoms with van der Waals surface area (Å²) in [7, 11) is -3.96. The Kier molecular flexibility index (Phi) is 7.39.